The van der Waals surface area contributed by atoms with Crippen molar-refractivity contribution in [3.05, 3.63) is 34.1 Å². The van der Waals surface area contributed by atoms with E-state index in [4.69, 9.17) is 33.5 Å². The molecule has 0 radical (unpaired) electrons. The summed E-state index contributed by atoms with van der Waals surface area (Å²) in [6.07, 6.45) is 5.56. The van der Waals surface area contributed by atoms with E-state index in [0.717, 1.165) is 24.8 Å². The molecule has 0 aliphatic heterocycles. The number of rotatable bonds is 2. The van der Waals surface area contributed by atoms with Crippen molar-refractivity contribution < 1.29 is 4.52 Å². The van der Waals surface area contributed by atoms with Crippen LogP contribution in [-0.2, 0) is 0 Å². The van der Waals surface area contributed by atoms with Gasteiger partial charge < -0.3 is 10.3 Å². The number of aromatic nitrogens is 2. The summed E-state index contributed by atoms with van der Waals surface area (Å²) in [5.74, 6) is 1.31. The number of nitrogens with zero attached hydrogens (tertiary/aromatic N) is 2. The first-order chi connectivity index (χ1) is 10.1. The highest BCUT2D eigenvalue weighted by Gasteiger charge is 2.27. The molecule has 1 fully saturated rings. The summed E-state index contributed by atoms with van der Waals surface area (Å²) in [4.78, 5) is 4.51. The Morgan fingerprint density at radius 3 is 2.71 bits per heavy atom. The Morgan fingerprint density at radius 2 is 1.90 bits per heavy atom. The first-order valence-electron chi connectivity index (χ1n) is 7.20. The normalized spacial score (nSPS) is 23.0. The average molecular weight is 326 g/mol. The van der Waals surface area contributed by atoms with Crippen LogP contribution in [0.1, 0.15) is 43.9 Å². The van der Waals surface area contributed by atoms with Crippen LogP contribution in [0.15, 0.2) is 22.7 Å². The molecule has 112 valence electrons. The molecule has 21 heavy (non-hydrogen) atoms. The topological polar surface area (TPSA) is 64.9 Å². The molecule has 6 heteroatoms. The molecule has 1 heterocycles. The summed E-state index contributed by atoms with van der Waals surface area (Å²) in [6.45, 7) is 0. The summed E-state index contributed by atoms with van der Waals surface area (Å²) in [5, 5.41) is 5.04. The van der Waals surface area contributed by atoms with Crippen molar-refractivity contribution in [2.24, 2.45) is 5.73 Å². The maximum absolute atomic E-state index is 6.24. The van der Waals surface area contributed by atoms with E-state index in [1.54, 1.807) is 12.1 Å². The molecule has 0 spiro atoms. The molecular weight excluding hydrogens is 309 g/mol. The highest BCUT2D eigenvalue weighted by Crippen LogP contribution is 2.32. The molecule has 1 aromatic carbocycles. The number of halogens is 2. The molecule has 1 aliphatic carbocycles. The molecule has 0 amide bonds. The van der Waals surface area contributed by atoms with Gasteiger partial charge in [-0.2, -0.15) is 4.98 Å². The van der Waals surface area contributed by atoms with Gasteiger partial charge in [-0.15, -0.1) is 0 Å². The fourth-order valence-electron chi connectivity index (χ4n) is 2.78. The van der Waals surface area contributed by atoms with E-state index in [1.165, 1.54) is 12.8 Å². The molecule has 2 atom stereocenters. The van der Waals surface area contributed by atoms with Crippen molar-refractivity contribution in [3.63, 3.8) is 0 Å². The standard InChI is InChI=1S/C15H17Cl2N3O/c16-11-7-6-9(8-12(11)17)14-19-15(21-20-14)10-4-2-1-3-5-13(10)18/h6-8,10,13H,1-5,18H2. The Bertz CT molecular complexity index is 629. The lowest BCUT2D eigenvalue weighted by molar-refractivity contribution is 0.326. The first kappa shape index (κ1) is 14.8. The van der Waals surface area contributed by atoms with Crippen molar-refractivity contribution in [1.82, 2.24) is 10.1 Å². The second-order valence-corrected chi connectivity index (χ2v) is 6.31. The monoisotopic (exact) mass is 325 g/mol. The number of nitrogens with two attached hydrogens (primary N) is 1. The third-order valence-corrected chi connectivity index (χ3v) is 4.75. The van der Waals surface area contributed by atoms with Crippen LogP contribution in [0.2, 0.25) is 10.0 Å². The molecule has 2 N–H and O–H groups in total. The van der Waals surface area contributed by atoms with E-state index >= 15 is 0 Å². The fourth-order valence-corrected chi connectivity index (χ4v) is 3.08. The molecule has 2 aromatic rings. The molecule has 1 aliphatic rings. The zero-order valence-electron chi connectivity index (χ0n) is 11.6. The molecular formula is C15H17Cl2N3O. The Labute approximate surface area is 133 Å². The van der Waals surface area contributed by atoms with Crippen LogP contribution in [0, 0.1) is 0 Å². The van der Waals surface area contributed by atoms with Crippen molar-refractivity contribution in [2.45, 2.75) is 44.1 Å². The highest BCUT2D eigenvalue weighted by molar-refractivity contribution is 6.42. The third kappa shape index (κ3) is 3.23. The summed E-state index contributed by atoms with van der Waals surface area (Å²) < 4.78 is 5.44. The number of benzene rings is 1. The van der Waals surface area contributed by atoms with Gasteiger partial charge in [-0.3, -0.25) is 0 Å². The van der Waals surface area contributed by atoms with Crippen LogP contribution in [-0.4, -0.2) is 16.2 Å². The van der Waals surface area contributed by atoms with E-state index < -0.39 is 0 Å². The van der Waals surface area contributed by atoms with Gasteiger partial charge in [0.2, 0.25) is 11.7 Å². The van der Waals surface area contributed by atoms with Crippen molar-refractivity contribution in [3.8, 4) is 11.4 Å². The maximum Gasteiger partial charge on any atom is 0.231 e. The Morgan fingerprint density at radius 1 is 1.10 bits per heavy atom. The summed E-state index contributed by atoms with van der Waals surface area (Å²) in [6, 6.07) is 5.39. The van der Waals surface area contributed by atoms with Crippen LogP contribution < -0.4 is 5.73 Å². The molecule has 1 saturated carbocycles. The minimum absolute atomic E-state index is 0.0922. The average Bonchev–Trinajstić information content (AvgIpc) is 2.85. The van der Waals surface area contributed by atoms with Crippen LogP contribution in [0.3, 0.4) is 0 Å². The Hall–Kier alpha value is -1.10. The minimum atomic E-state index is 0.0922. The maximum atomic E-state index is 6.24. The van der Waals surface area contributed by atoms with Gasteiger partial charge in [0.15, 0.2) is 0 Å². The molecule has 2 unspecified atom stereocenters. The predicted molar refractivity (Wildman–Crippen MR) is 83.6 cm³/mol. The van der Waals surface area contributed by atoms with Crippen LogP contribution in [0.5, 0.6) is 0 Å². The van der Waals surface area contributed by atoms with E-state index in [9.17, 15) is 0 Å². The zero-order chi connectivity index (χ0) is 14.8. The predicted octanol–water partition coefficient (Wildman–Crippen LogP) is 4.42. The first-order valence-corrected chi connectivity index (χ1v) is 7.95. The lowest BCUT2D eigenvalue weighted by atomic mass is 9.95. The second-order valence-electron chi connectivity index (χ2n) is 5.49. The molecule has 0 saturated heterocycles. The summed E-state index contributed by atoms with van der Waals surface area (Å²) in [5.41, 5.74) is 7.03. The highest BCUT2D eigenvalue weighted by atomic mass is 35.5. The van der Waals surface area contributed by atoms with Crippen molar-refractivity contribution in [1.29, 1.82) is 0 Å². The van der Waals surface area contributed by atoms with Gasteiger partial charge in [0.25, 0.3) is 0 Å². The van der Waals surface area contributed by atoms with Gasteiger partial charge in [0.1, 0.15) is 0 Å². The molecule has 0 bridgehead atoms. The fraction of sp³-hybridized carbons (Fsp3) is 0.467. The third-order valence-electron chi connectivity index (χ3n) is 4.01. The quantitative estimate of drug-likeness (QED) is 0.830. The second kappa shape index (κ2) is 6.34. The van der Waals surface area contributed by atoms with E-state index in [1.807, 2.05) is 6.07 Å². The lowest BCUT2D eigenvalue weighted by Gasteiger charge is -2.16. The van der Waals surface area contributed by atoms with E-state index in [2.05, 4.69) is 10.1 Å². The summed E-state index contributed by atoms with van der Waals surface area (Å²) >= 11 is 11.9. The number of hydrogen-bond donors (Lipinski definition) is 1. The van der Waals surface area contributed by atoms with E-state index in [0.29, 0.717) is 21.8 Å². The van der Waals surface area contributed by atoms with Crippen LogP contribution in [0.25, 0.3) is 11.4 Å². The summed E-state index contributed by atoms with van der Waals surface area (Å²) in [7, 11) is 0. The van der Waals surface area contributed by atoms with Gasteiger partial charge in [-0.25, -0.2) is 0 Å². The molecule has 1 aromatic heterocycles. The van der Waals surface area contributed by atoms with E-state index in [-0.39, 0.29) is 12.0 Å². The van der Waals surface area contributed by atoms with Crippen molar-refractivity contribution >= 4 is 23.2 Å². The molecule has 3 rings (SSSR count). The minimum Gasteiger partial charge on any atom is -0.339 e. The van der Waals surface area contributed by atoms with Gasteiger partial charge in [0, 0.05) is 11.6 Å². The zero-order valence-corrected chi connectivity index (χ0v) is 13.1. The van der Waals surface area contributed by atoms with Crippen molar-refractivity contribution in [2.75, 3.05) is 0 Å². The van der Waals surface area contributed by atoms with Crippen LogP contribution in [0.4, 0.5) is 0 Å². The Balaban J connectivity index is 1.86. The SMILES string of the molecule is NC1CCCCCC1c1nc(-c2ccc(Cl)c(Cl)c2)no1. The van der Waals surface area contributed by atoms with Gasteiger partial charge in [-0.05, 0) is 31.0 Å². The lowest BCUT2D eigenvalue weighted by Crippen LogP contribution is -2.27. The number of hydrogen-bond acceptors (Lipinski definition) is 4. The van der Waals surface area contributed by atoms with Gasteiger partial charge >= 0.3 is 0 Å². The van der Waals surface area contributed by atoms with Crippen LogP contribution >= 0.6 is 23.2 Å². The Kier molecular flexibility index (Phi) is 4.48. The largest absolute Gasteiger partial charge is 0.339 e. The van der Waals surface area contributed by atoms with Gasteiger partial charge in [0.05, 0.1) is 16.0 Å². The smallest absolute Gasteiger partial charge is 0.231 e. The van der Waals surface area contributed by atoms with Gasteiger partial charge in [-0.1, -0.05) is 47.6 Å². The molecule has 4 nitrogen and oxygen atoms in total.